The minimum absolute atomic E-state index is 0.265. The molecule has 1 fully saturated rings. The molecule has 2 unspecified atom stereocenters. The van der Waals surface area contributed by atoms with Crippen LogP contribution in [-0.2, 0) is 9.53 Å². The first-order chi connectivity index (χ1) is 5.70. The third kappa shape index (κ3) is 2.81. The quantitative estimate of drug-likeness (QED) is 0.701. The van der Waals surface area contributed by atoms with E-state index < -0.39 is 5.97 Å². The molecule has 1 rings (SSSR count). The highest BCUT2D eigenvalue weighted by molar-refractivity contribution is 5.66. The van der Waals surface area contributed by atoms with Crippen LogP contribution in [0.5, 0.6) is 0 Å². The standard InChI is InChI=1S/C9H16O3/c1-7(4-5-9(10)11)8-3-2-6-12-8/h7-8H,2-6H2,1H3,(H,10,11). The maximum absolute atomic E-state index is 10.3. The molecule has 70 valence electrons. The molecular weight excluding hydrogens is 156 g/mol. The van der Waals surface area contributed by atoms with Crippen molar-refractivity contribution in [1.29, 1.82) is 0 Å². The number of aliphatic carboxylic acids is 1. The molecular formula is C9H16O3. The molecule has 1 aliphatic rings. The molecule has 1 heterocycles. The Morgan fingerprint density at radius 1 is 1.75 bits per heavy atom. The van der Waals surface area contributed by atoms with Gasteiger partial charge in [0.1, 0.15) is 0 Å². The Morgan fingerprint density at radius 2 is 2.50 bits per heavy atom. The van der Waals surface area contributed by atoms with Crippen LogP contribution in [0.4, 0.5) is 0 Å². The lowest BCUT2D eigenvalue weighted by molar-refractivity contribution is -0.137. The number of rotatable bonds is 4. The van der Waals surface area contributed by atoms with Crippen LogP contribution < -0.4 is 0 Å². The molecule has 0 aromatic heterocycles. The lowest BCUT2D eigenvalue weighted by atomic mass is 9.97. The summed E-state index contributed by atoms with van der Waals surface area (Å²) in [4.78, 5) is 10.3. The van der Waals surface area contributed by atoms with Crippen molar-refractivity contribution in [3.05, 3.63) is 0 Å². The summed E-state index contributed by atoms with van der Waals surface area (Å²) in [5.74, 6) is -0.316. The molecule has 0 radical (unpaired) electrons. The molecule has 0 aliphatic carbocycles. The molecule has 1 saturated heterocycles. The van der Waals surface area contributed by atoms with Gasteiger partial charge in [-0.2, -0.15) is 0 Å². The van der Waals surface area contributed by atoms with Gasteiger partial charge >= 0.3 is 5.97 Å². The Labute approximate surface area is 72.7 Å². The van der Waals surface area contributed by atoms with Crippen molar-refractivity contribution < 1.29 is 14.6 Å². The van der Waals surface area contributed by atoms with E-state index in [2.05, 4.69) is 6.92 Å². The first kappa shape index (κ1) is 9.52. The highest BCUT2D eigenvalue weighted by Crippen LogP contribution is 2.23. The van der Waals surface area contributed by atoms with Gasteiger partial charge in [-0.25, -0.2) is 0 Å². The first-order valence-corrected chi connectivity index (χ1v) is 4.53. The van der Waals surface area contributed by atoms with Crippen LogP contribution in [-0.4, -0.2) is 23.8 Å². The van der Waals surface area contributed by atoms with E-state index in [1.165, 1.54) is 0 Å². The van der Waals surface area contributed by atoms with Crippen LogP contribution in [0.15, 0.2) is 0 Å². The molecule has 3 nitrogen and oxygen atoms in total. The van der Waals surface area contributed by atoms with Crippen molar-refractivity contribution >= 4 is 5.97 Å². The van der Waals surface area contributed by atoms with Crippen LogP contribution in [0.2, 0.25) is 0 Å². The van der Waals surface area contributed by atoms with E-state index in [1.54, 1.807) is 0 Å². The summed E-state index contributed by atoms with van der Waals surface area (Å²) in [5, 5.41) is 8.46. The Hall–Kier alpha value is -0.570. The fourth-order valence-corrected chi connectivity index (χ4v) is 1.59. The predicted molar refractivity (Wildman–Crippen MR) is 45.0 cm³/mol. The largest absolute Gasteiger partial charge is 0.481 e. The zero-order valence-electron chi connectivity index (χ0n) is 7.45. The summed E-state index contributed by atoms with van der Waals surface area (Å²) in [6.45, 7) is 2.92. The molecule has 0 aromatic carbocycles. The average molecular weight is 172 g/mol. The highest BCUT2D eigenvalue weighted by Gasteiger charge is 2.22. The minimum atomic E-state index is -0.708. The second-order valence-corrected chi connectivity index (χ2v) is 3.46. The van der Waals surface area contributed by atoms with Crippen molar-refractivity contribution in [1.82, 2.24) is 0 Å². The van der Waals surface area contributed by atoms with Crippen LogP contribution >= 0.6 is 0 Å². The van der Waals surface area contributed by atoms with E-state index in [0.29, 0.717) is 12.0 Å². The second kappa shape index (κ2) is 4.45. The molecule has 2 atom stereocenters. The lowest BCUT2D eigenvalue weighted by Crippen LogP contribution is -2.17. The van der Waals surface area contributed by atoms with E-state index in [1.807, 2.05) is 0 Å². The summed E-state index contributed by atoms with van der Waals surface area (Å²) in [6, 6.07) is 0. The number of carboxylic acid groups (broad SMARTS) is 1. The average Bonchev–Trinajstić information content (AvgIpc) is 2.51. The van der Waals surface area contributed by atoms with Gasteiger partial charge in [0.2, 0.25) is 0 Å². The van der Waals surface area contributed by atoms with Gasteiger partial charge in [-0.3, -0.25) is 4.79 Å². The number of carbonyl (C=O) groups is 1. The number of hydrogen-bond donors (Lipinski definition) is 1. The van der Waals surface area contributed by atoms with E-state index in [0.717, 1.165) is 25.9 Å². The Balaban J connectivity index is 2.17. The van der Waals surface area contributed by atoms with E-state index >= 15 is 0 Å². The van der Waals surface area contributed by atoms with Gasteiger partial charge in [0.25, 0.3) is 0 Å². The van der Waals surface area contributed by atoms with Gasteiger partial charge in [0, 0.05) is 13.0 Å². The van der Waals surface area contributed by atoms with Gasteiger partial charge < -0.3 is 9.84 Å². The fourth-order valence-electron chi connectivity index (χ4n) is 1.59. The summed E-state index contributed by atoms with van der Waals surface area (Å²) >= 11 is 0. The van der Waals surface area contributed by atoms with Gasteiger partial charge in [0.05, 0.1) is 6.10 Å². The molecule has 3 heteroatoms. The predicted octanol–water partition coefficient (Wildman–Crippen LogP) is 1.67. The normalized spacial score (nSPS) is 25.6. The maximum atomic E-state index is 10.3. The summed E-state index contributed by atoms with van der Waals surface area (Å²) in [7, 11) is 0. The topological polar surface area (TPSA) is 46.5 Å². The maximum Gasteiger partial charge on any atom is 0.303 e. The van der Waals surface area contributed by atoms with Crippen molar-refractivity contribution in [3.63, 3.8) is 0 Å². The SMILES string of the molecule is CC(CCC(=O)O)C1CCCO1. The van der Waals surface area contributed by atoms with Crippen molar-refractivity contribution in [3.8, 4) is 0 Å². The molecule has 0 spiro atoms. The van der Waals surface area contributed by atoms with Gasteiger partial charge in [-0.1, -0.05) is 6.92 Å². The summed E-state index contributed by atoms with van der Waals surface area (Å²) in [6.07, 6.45) is 3.54. The third-order valence-electron chi connectivity index (χ3n) is 2.41. The lowest BCUT2D eigenvalue weighted by Gasteiger charge is -2.16. The molecule has 12 heavy (non-hydrogen) atoms. The van der Waals surface area contributed by atoms with Crippen LogP contribution in [0.3, 0.4) is 0 Å². The molecule has 0 amide bonds. The van der Waals surface area contributed by atoms with Crippen molar-refractivity contribution in [2.75, 3.05) is 6.61 Å². The van der Waals surface area contributed by atoms with Crippen LogP contribution in [0, 0.1) is 5.92 Å². The first-order valence-electron chi connectivity index (χ1n) is 4.53. The number of carboxylic acids is 1. The molecule has 0 aromatic rings. The van der Waals surface area contributed by atoms with E-state index in [9.17, 15) is 4.79 Å². The Kier molecular flexibility index (Phi) is 3.53. The Bertz CT molecular complexity index is 150. The molecule has 0 saturated carbocycles. The molecule has 0 bridgehead atoms. The number of ether oxygens (including phenoxy) is 1. The monoisotopic (exact) mass is 172 g/mol. The van der Waals surface area contributed by atoms with Crippen molar-refractivity contribution in [2.24, 2.45) is 5.92 Å². The smallest absolute Gasteiger partial charge is 0.303 e. The zero-order valence-corrected chi connectivity index (χ0v) is 7.45. The summed E-state index contributed by atoms with van der Waals surface area (Å²) < 4.78 is 5.45. The number of hydrogen-bond acceptors (Lipinski definition) is 2. The summed E-state index contributed by atoms with van der Waals surface area (Å²) in [5.41, 5.74) is 0. The van der Waals surface area contributed by atoms with E-state index in [-0.39, 0.29) is 6.42 Å². The highest BCUT2D eigenvalue weighted by atomic mass is 16.5. The van der Waals surface area contributed by atoms with Gasteiger partial charge in [0.15, 0.2) is 0 Å². The van der Waals surface area contributed by atoms with Crippen LogP contribution in [0.1, 0.15) is 32.6 Å². The van der Waals surface area contributed by atoms with Gasteiger partial charge in [-0.15, -0.1) is 0 Å². The minimum Gasteiger partial charge on any atom is -0.481 e. The van der Waals surface area contributed by atoms with Crippen molar-refractivity contribution in [2.45, 2.75) is 38.7 Å². The second-order valence-electron chi connectivity index (χ2n) is 3.46. The third-order valence-corrected chi connectivity index (χ3v) is 2.41. The molecule has 1 aliphatic heterocycles. The Morgan fingerprint density at radius 3 is 3.00 bits per heavy atom. The zero-order chi connectivity index (χ0) is 8.97. The van der Waals surface area contributed by atoms with E-state index in [4.69, 9.17) is 9.84 Å². The fraction of sp³-hybridized carbons (Fsp3) is 0.889. The van der Waals surface area contributed by atoms with Gasteiger partial charge in [-0.05, 0) is 25.2 Å². The molecule has 1 N–H and O–H groups in total. The van der Waals surface area contributed by atoms with Crippen LogP contribution in [0.25, 0.3) is 0 Å².